The quantitative estimate of drug-likeness (QED) is 0.510. The minimum atomic E-state index is -4.63. The Labute approximate surface area is 160 Å². The summed E-state index contributed by atoms with van der Waals surface area (Å²) < 4.78 is 50.8. The average Bonchev–Trinajstić information content (AvgIpc) is 3.14. The Morgan fingerprint density at radius 1 is 1.14 bits per heavy atom. The number of hydrogen-bond donors (Lipinski definition) is 1. The predicted octanol–water partition coefficient (Wildman–Crippen LogP) is 4.12. The van der Waals surface area contributed by atoms with Crippen LogP contribution in [0.1, 0.15) is 15.9 Å². The van der Waals surface area contributed by atoms with Crippen LogP contribution in [0.4, 0.5) is 18.9 Å². The van der Waals surface area contributed by atoms with Crippen LogP contribution in [0.3, 0.4) is 0 Å². The van der Waals surface area contributed by atoms with E-state index in [2.05, 4.69) is 4.74 Å². The van der Waals surface area contributed by atoms with Crippen molar-refractivity contribution in [3.63, 3.8) is 0 Å². The number of aromatic nitrogens is 1. The van der Waals surface area contributed by atoms with Gasteiger partial charge in [0, 0.05) is 16.8 Å². The van der Waals surface area contributed by atoms with Crippen molar-refractivity contribution in [3.05, 3.63) is 70.2 Å². The van der Waals surface area contributed by atoms with Crippen LogP contribution < -0.4 is 11.3 Å². The van der Waals surface area contributed by atoms with Crippen LogP contribution in [-0.4, -0.2) is 17.6 Å². The third kappa shape index (κ3) is 2.91. The van der Waals surface area contributed by atoms with Crippen LogP contribution in [0, 0.1) is 0 Å². The number of hydrogen-bond acceptors (Lipinski definition) is 5. The lowest BCUT2D eigenvalue weighted by Gasteiger charge is -2.17. The molecule has 0 unspecified atom stereocenters. The Hall–Kier alpha value is -3.75. The standard InChI is InChI=1S/C20H13F3N2O4/c1-28-19(27)16-17(24)13-5-3-11(20(21,22)23)8-14(13)25(18(16)26)12-4-2-10-6-7-29-15(10)9-12/h2-9H,24H2,1H3. The van der Waals surface area contributed by atoms with Crippen LogP contribution in [0.15, 0.2) is 57.9 Å². The van der Waals surface area contributed by atoms with Crippen molar-refractivity contribution >= 4 is 33.5 Å². The fraction of sp³-hybridized carbons (Fsp3) is 0.100. The Balaban J connectivity index is 2.16. The largest absolute Gasteiger partial charge is 0.465 e. The smallest absolute Gasteiger partial charge is 0.416 e. The van der Waals surface area contributed by atoms with E-state index in [0.717, 1.165) is 35.3 Å². The summed E-state index contributed by atoms with van der Waals surface area (Å²) in [6.45, 7) is 0. The molecule has 0 spiro atoms. The summed E-state index contributed by atoms with van der Waals surface area (Å²) in [7, 11) is 1.08. The molecule has 2 aromatic heterocycles. The number of alkyl halides is 3. The zero-order valence-corrected chi connectivity index (χ0v) is 14.9. The van der Waals surface area contributed by atoms with Gasteiger partial charge in [-0.25, -0.2) is 4.79 Å². The van der Waals surface area contributed by atoms with E-state index in [1.54, 1.807) is 12.1 Å². The first-order valence-corrected chi connectivity index (χ1v) is 8.33. The molecule has 0 atom stereocenters. The molecule has 2 heterocycles. The number of carbonyl (C=O) groups excluding carboxylic acids is 1. The van der Waals surface area contributed by atoms with Crippen LogP contribution in [0.2, 0.25) is 0 Å². The first kappa shape index (κ1) is 18.6. The van der Waals surface area contributed by atoms with Gasteiger partial charge < -0.3 is 14.9 Å². The normalized spacial score (nSPS) is 11.9. The van der Waals surface area contributed by atoms with Crippen LogP contribution in [0.5, 0.6) is 0 Å². The van der Waals surface area contributed by atoms with Gasteiger partial charge in [-0.1, -0.05) is 6.07 Å². The Kier molecular flexibility index (Phi) is 4.11. The van der Waals surface area contributed by atoms with Crippen molar-refractivity contribution in [1.82, 2.24) is 4.57 Å². The first-order chi connectivity index (χ1) is 13.7. The van der Waals surface area contributed by atoms with Crippen LogP contribution in [-0.2, 0) is 10.9 Å². The van der Waals surface area contributed by atoms with Crippen LogP contribution in [0.25, 0.3) is 27.6 Å². The maximum Gasteiger partial charge on any atom is 0.416 e. The molecule has 0 saturated heterocycles. The number of esters is 1. The van der Waals surface area contributed by atoms with E-state index in [1.807, 2.05) is 0 Å². The molecule has 2 aromatic carbocycles. The fourth-order valence-electron chi connectivity index (χ4n) is 3.23. The number of halogens is 3. The number of ether oxygens (including phenoxy) is 1. The fourth-order valence-corrected chi connectivity index (χ4v) is 3.23. The summed E-state index contributed by atoms with van der Waals surface area (Å²) in [5, 5.41) is 0.850. The third-order valence-electron chi connectivity index (χ3n) is 4.63. The molecule has 0 saturated carbocycles. The molecular formula is C20H13F3N2O4. The predicted molar refractivity (Wildman–Crippen MR) is 100 cm³/mol. The van der Waals surface area contributed by atoms with Crippen molar-refractivity contribution in [2.45, 2.75) is 6.18 Å². The van der Waals surface area contributed by atoms with Gasteiger partial charge >= 0.3 is 12.1 Å². The summed E-state index contributed by atoms with van der Waals surface area (Å²) in [5.74, 6) is -0.984. The number of benzene rings is 2. The molecule has 2 N–H and O–H groups in total. The van der Waals surface area contributed by atoms with E-state index in [9.17, 15) is 22.8 Å². The third-order valence-corrected chi connectivity index (χ3v) is 4.63. The molecule has 29 heavy (non-hydrogen) atoms. The Morgan fingerprint density at radius 3 is 2.59 bits per heavy atom. The highest BCUT2D eigenvalue weighted by atomic mass is 19.4. The number of rotatable bonds is 2. The van der Waals surface area contributed by atoms with Gasteiger partial charge in [-0.3, -0.25) is 9.36 Å². The van der Waals surface area contributed by atoms with Gasteiger partial charge in [0.25, 0.3) is 5.56 Å². The van der Waals surface area contributed by atoms with Crippen LogP contribution >= 0.6 is 0 Å². The van der Waals surface area contributed by atoms with Crippen molar-refractivity contribution in [2.75, 3.05) is 12.8 Å². The van der Waals surface area contributed by atoms with Gasteiger partial charge in [-0.2, -0.15) is 13.2 Å². The number of methoxy groups -OCH3 is 1. The van der Waals surface area contributed by atoms with Crippen molar-refractivity contribution in [2.24, 2.45) is 0 Å². The topological polar surface area (TPSA) is 87.5 Å². The van der Waals surface area contributed by atoms with Gasteiger partial charge in [0.1, 0.15) is 11.1 Å². The van der Waals surface area contributed by atoms with E-state index < -0.39 is 28.8 Å². The number of nitrogen functional groups attached to an aromatic ring is 1. The van der Waals surface area contributed by atoms with Gasteiger partial charge in [0.15, 0.2) is 0 Å². The summed E-state index contributed by atoms with van der Waals surface area (Å²) in [5.41, 5.74) is 3.94. The molecule has 6 nitrogen and oxygen atoms in total. The number of pyridine rings is 1. The average molecular weight is 402 g/mol. The summed E-state index contributed by atoms with van der Waals surface area (Å²) >= 11 is 0. The monoisotopic (exact) mass is 402 g/mol. The lowest BCUT2D eigenvalue weighted by molar-refractivity contribution is -0.137. The lowest BCUT2D eigenvalue weighted by Crippen LogP contribution is -2.28. The molecule has 4 rings (SSSR count). The molecule has 0 bridgehead atoms. The molecule has 148 valence electrons. The first-order valence-electron chi connectivity index (χ1n) is 8.33. The minimum Gasteiger partial charge on any atom is -0.465 e. The number of nitrogens with zero attached hydrogens (tertiary/aromatic N) is 1. The highest BCUT2D eigenvalue weighted by molar-refractivity contribution is 6.04. The second-order valence-corrected chi connectivity index (χ2v) is 6.29. The summed E-state index contributed by atoms with van der Waals surface area (Å²) in [6.07, 6.45) is -3.18. The van der Waals surface area contributed by atoms with E-state index in [0.29, 0.717) is 5.58 Å². The lowest BCUT2D eigenvalue weighted by atomic mass is 10.0. The molecule has 0 aliphatic carbocycles. The van der Waals surface area contributed by atoms with Gasteiger partial charge in [0.2, 0.25) is 0 Å². The molecule has 0 aliphatic rings. The summed E-state index contributed by atoms with van der Waals surface area (Å²) in [4.78, 5) is 25.3. The van der Waals surface area contributed by atoms with Crippen molar-refractivity contribution in [3.8, 4) is 5.69 Å². The molecule has 9 heteroatoms. The maximum absolute atomic E-state index is 13.3. The molecular weight excluding hydrogens is 389 g/mol. The zero-order chi connectivity index (χ0) is 20.9. The Morgan fingerprint density at radius 2 is 1.90 bits per heavy atom. The number of nitrogens with two attached hydrogens (primary N) is 1. The summed E-state index contributed by atoms with van der Waals surface area (Å²) in [6, 6.07) is 9.16. The Bertz CT molecular complexity index is 1340. The second kappa shape index (κ2) is 6.40. The van der Waals surface area contributed by atoms with E-state index in [-0.39, 0.29) is 22.3 Å². The highest BCUT2D eigenvalue weighted by Crippen LogP contribution is 2.34. The number of fused-ring (bicyclic) bond motifs is 2. The molecule has 0 aliphatic heterocycles. The SMILES string of the molecule is COC(=O)c1c(N)c2ccc(C(F)(F)F)cc2n(-c2ccc3ccoc3c2)c1=O. The molecule has 4 aromatic rings. The molecule has 0 radical (unpaired) electrons. The van der Waals surface area contributed by atoms with Crippen molar-refractivity contribution in [1.29, 1.82) is 0 Å². The van der Waals surface area contributed by atoms with Gasteiger partial charge in [-0.15, -0.1) is 0 Å². The maximum atomic E-state index is 13.3. The van der Waals surface area contributed by atoms with E-state index in [4.69, 9.17) is 10.2 Å². The molecule has 0 fully saturated rings. The van der Waals surface area contributed by atoms with E-state index in [1.165, 1.54) is 18.4 Å². The minimum absolute atomic E-state index is 0.0964. The number of furan rings is 1. The highest BCUT2D eigenvalue weighted by Gasteiger charge is 2.32. The van der Waals surface area contributed by atoms with Crippen molar-refractivity contribution < 1.29 is 27.1 Å². The van der Waals surface area contributed by atoms with Gasteiger partial charge in [-0.05, 0) is 30.3 Å². The number of carbonyl (C=O) groups is 1. The second-order valence-electron chi connectivity index (χ2n) is 6.29. The van der Waals surface area contributed by atoms with E-state index >= 15 is 0 Å². The molecule has 0 amide bonds. The number of anilines is 1. The van der Waals surface area contributed by atoms with Gasteiger partial charge in [0.05, 0.1) is 35.8 Å². The zero-order valence-electron chi connectivity index (χ0n) is 14.9.